The third kappa shape index (κ3) is 3.21. The van der Waals surface area contributed by atoms with Gasteiger partial charge in [0.2, 0.25) is 0 Å². The largest absolute Gasteiger partial charge is 0.300 e. The molecule has 15 heavy (non-hydrogen) atoms. The molecule has 2 rings (SSSR count). The molecule has 1 heterocycles. The van der Waals surface area contributed by atoms with Crippen LogP contribution in [0.1, 0.15) is 64.7 Å². The van der Waals surface area contributed by atoms with E-state index >= 15 is 0 Å². The summed E-state index contributed by atoms with van der Waals surface area (Å²) in [6.07, 6.45) is 13.2. The standard InChI is InChI=1S/C14H27N/c1-2-7-13-8-6-11-15(12-13)14-9-4-3-5-10-14/h13-14H,2-12H2,1H3. The zero-order valence-electron chi connectivity index (χ0n) is 10.4. The third-order valence-corrected chi connectivity index (χ3v) is 4.34. The highest BCUT2D eigenvalue weighted by molar-refractivity contribution is 4.81. The van der Waals surface area contributed by atoms with Crippen molar-refractivity contribution in [1.29, 1.82) is 0 Å². The average molecular weight is 209 g/mol. The van der Waals surface area contributed by atoms with Gasteiger partial charge in [-0.1, -0.05) is 32.6 Å². The molecule has 1 saturated carbocycles. The van der Waals surface area contributed by atoms with Crippen molar-refractivity contribution in [3.63, 3.8) is 0 Å². The molecule has 1 aliphatic heterocycles. The highest BCUT2D eigenvalue weighted by Gasteiger charge is 2.26. The molecular weight excluding hydrogens is 182 g/mol. The Labute approximate surface area is 95.2 Å². The maximum absolute atomic E-state index is 2.82. The summed E-state index contributed by atoms with van der Waals surface area (Å²) < 4.78 is 0. The van der Waals surface area contributed by atoms with E-state index in [-0.39, 0.29) is 0 Å². The monoisotopic (exact) mass is 209 g/mol. The van der Waals surface area contributed by atoms with Crippen molar-refractivity contribution in [2.24, 2.45) is 5.92 Å². The summed E-state index contributed by atoms with van der Waals surface area (Å²) >= 11 is 0. The average Bonchev–Trinajstić information content (AvgIpc) is 2.31. The van der Waals surface area contributed by atoms with Crippen molar-refractivity contribution in [3.8, 4) is 0 Å². The maximum atomic E-state index is 2.82. The lowest BCUT2D eigenvalue weighted by Gasteiger charge is -2.40. The Bertz CT molecular complexity index is 170. The lowest BCUT2D eigenvalue weighted by Crippen LogP contribution is -2.43. The molecule has 88 valence electrons. The summed E-state index contributed by atoms with van der Waals surface area (Å²) in [5, 5.41) is 0. The van der Waals surface area contributed by atoms with Crippen LogP contribution in [0.25, 0.3) is 0 Å². The second kappa shape index (κ2) is 5.89. The summed E-state index contributed by atoms with van der Waals surface area (Å²) in [7, 11) is 0. The lowest BCUT2D eigenvalue weighted by molar-refractivity contribution is 0.0952. The van der Waals surface area contributed by atoms with Crippen molar-refractivity contribution >= 4 is 0 Å². The van der Waals surface area contributed by atoms with Gasteiger partial charge in [-0.05, 0) is 44.6 Å². The highest BCUT2D eigenvalue weighted by atomic mass is 15.2. The van der Waals surface area contributed by atoms with Gasteiger partial charge in [-0.25, -0.2) is 0 Å². The number of likely N-dealkylation sites (tertiary alicyclic amines) is 1. The zero-order valence-corrected chi connectivity index (χ0v) is 10.4. The molecule has 1 unspecified atom stereocenters. The van der Waals surface area contributed by atoms with Gasteiger partial charge in [0.15, 0.2) is 0 Å². The normalized spacial score (nSPS) is 30.6. The fourth-order valence-corrected chi connectivity index (χ4v) is 3.52. The number of hydrogen-bond acceptors (Lipinski definition) is 1. The Kier molecular flexibility index (Phi) is 4.49. The number of nitrogens with zero attached hydrogens (tertiary/aromatic N) is 1. The Morgan fingerprint density at radius 1 is 1.00 bits per heavy atom. The van der Waals surface area contributed by atoms with Crippen molar-refractivity contribution in [2.45, 2.75) is 70.8 Å². The summed E-state index contributed by atoms with van der Waals surface area (Å²) in [5.41, 5.74) is 0. The van der Waals surface area contributed by atoms with E-state index in [2.05, 4.69) is 11.8 Å². The van der Waals surface area contributed by atoms with Crippen LogP contribution in [0, 0.1) is 5.92 Å². The maximum Gasteiger partial charge on any atom is 0.00953 e. The van der Waals surface area contributed by atoms with Gasteiger partial charge in [0.25, 0.3) is 0 Å². The van der Waals surface area contributed by atoms with Gasteiger partial charge in [0.05, 0.1) is 0 Å². The molecule has 2 aliphatic rings. The van der Waals surface area contributed by atoms with Gasteiger partial charge in [-0.15, -0.1) is 0 Å². The molecule has 0 aromatic heterocycles. The third-order valence-electron chi connectivity index (χ3n) is 4.34. The van der Waals surface area contributed by atoms with Crippen LogP contribution < -0.4 is 0 Å². The van der Waals surface area contributed by atoms with E-state index in [9.17, 15) is 0 Å². The van der Waals surface area contributed by atoms with Crippen molar-refractivity contribution in [3.05, 3.63) is 0 Å². The Morgan fingerprint density at radius 3 is 2.53 bits per heavy atom. The first kappa shape index (κ1) is 11.4. The van der Waals surface area contributed by atoms with Crippen molar-refractivity contribution < 1.29 is 0 Å². The lowest BCUT2D eigenvalue weighted by atomic mass is 9.88. The van der Waals surface area contributed by atoms with E-state index in [0.717, 1.165) is 12.0 Å². The predicted molar refractivity (Wildman–Crippen MR) is 66.1 cm³/mol. The molecule has 1 saturated heterocycles. The molecule has 1 atom stereocenters. The SMILES string of the molecule is CCCC1CCCN(C2CCCCC2)C1. The molecule has 1 heteroatoms. The Morgan fingerprint density at radius 2 is 1.80 bits per heavy atom. The minimum absolute atomic E-state index is 0.957. The summed E-state index contributed by atoms with van der Waals surface area (Å²) in [6.45, 7) is 5.14. The van der Waals surface area contributed by atoms with Crippen LogP contribution in [0.5, 0.6) is 0 Å². The number of rotatable bonds is 3. The zero-order chi connectivity index (χ0) is 10.5. The topological polar surface area (TPSA) is 3.24 Å². The smallest absolute Gasteiger partial charge is 0.00953 e. The van der Waals surface area contributed by atoms with E-state index in [1.807, 2.05) is 0 Å². The minimum Gasteiger partial charge on any atom is -0.300 e. The molecule has 1 aliphatic carbocycles. The molecule has 0 aromatic carbocycles. The van der Waals surface area contributed by atoms with Crippen LogP contribution in [-0.4, -0.2) is 24.0 Å². The first-order chi connectivity index (χ1) is 7.40. The van der Waals surface area contributed by atoms with E-state index < -0.39 is 0 Å². The van der Waals surface area contributed by atoms with E-state index in [1.54, 1.807) is 0 Å². The Hall–Kier alpha value is -0.0400. The van der Waals surface area contributed by atoms with Gasteiger partial charge in [-0.3, -0.25) is 0 Å². The van der Waals surface area contributed by atoms with E-state index in [1.165, 1.54) is 70.9 Å². The molecule has 0 radical (unpaired) electrons. The second-order valence-electron chi connectivity index (χ2n) is 5.58. The minimum atomic E-state index is 0.957. The first-order valence-electron chi connectivity index (χ1n) is 7.14. The summed E-state index contributed by atoms with van der Waals surface area (Å²) in [5.74, 6) is 1.02. The van der Waals surface area contributed by atoms with Crippen LogP contribution in [0.3, 0.4) is 0 Å². The van der Waals surface area contributed by atoms with Gasteiger partial charge in [0, 0.05) is 12.6 Å². The predicted octanol–water partition coefficient (Wildman–Crippen LogP) is 3.83. The molecule has 0 N–H and O–H groups in total. The molecule has 0 amide bonds. The molecule has 1 nitrogen and oxygen atoms in total. The first-order valence-corrected chi connectivity index (χ1v) is 7.14. The van der Waals surface area contributed by atoms with Crippen LogP contribution in [-0.2, 0) is 0 Å². The Balaban J connectivity index is 1.80. The molecule has 0 bridgehead atoms. The van der Waals surface area contributed by atoms with Crippen molar-refractivity contribution in [1.82, 2.24) is 4.90 Å². The fraction of sp³-hybridized carbons (Fsp3) is 1.00. The van der Waals surface area contributed by atoms with Crippen molar-refractivity contribution in [2.75, 3.05) is 13.1 Å². The van der Waals surface area contributed by atoms with Gasteiger partial charge in [-0.2, -0.15) is 0 Å². The van der Waals surface area contributed by atoms with E-state index in [0.29, 0.717) is 0 Å². The second-order valence-corrected chi connectivity index (χ2v) is 5.58. The number of hydrogen-bond donors (Lipinski definition) is 0. The fourth-order valence-electron chi connectivity index (χ4n) is 3.52. The van der Waals surface area contributed by atoms with Crippen LogP contribution in [0.15, 0.2) is 0 Å². The summed E-state index contributed by atoms with van der Waals surface area (Å²) in [4.78, 5) is 2.82. The highest BCUT2D eigenvalue weighted by Crippen LogP contribution is 2.28. The molecular formula is C14H27N. The summed E-state index contributed by atoms with van der Waals surface area (Å²) in [6, 6.07) is 0.957. The molecule has 2 fully saturated rings. The van der Waals surface area contributed by atoms with Crippen LogP contribution in [0.4, 0.5) is 0 Å². The van der Waals surface area contributed by atoms with Crippen LogP contribution >= 0.6 is 0 Å². The quantitative estimate of drug-likeness (QED) is 0.683. The van der Waals surface area contributed by atoms with Crippen LogP contribution in [0.2, 0.25) is 0 Å². The molecule has 0 aromatic rings. The molecule has 0 spiro atoms. The van der Waals surface area contributed by atoms with Gasteiger partial charge < -0.3 is 4.90 Å². The van der Waals surface area contributed by atoms with Gasteiger partial charge in [0.1, 0.15) is 0 Å². The van der Waals surface area contributed by atoms with Gasteiger partial charge >= 0.3 is 0 Å². The number of piperidine rings is 1. The van der Waals surface area contributed by atoms with E-state index in [4.69, 9.17) is 0 Å².